The van der Waals surface area contributed by atoms with Crippen molar-refractivity contribution in [3.63, 3.8) is 0 Å². The van der Waals surface area contributed by atoms with Gasteiger partial charge in [-0.15, -0.1) is 0 Å². The van der Waals surface area contributed by atoms with Crippen LogP contribution < -0.4 is 5.32 Å². The van der Waals surface area contributed by atoms with Crippen LogP contribution >= 0.6 is 0 Å². The summed E-state index contributed by atoms with van der Waals surface area (Å²) in [6, 6.07) is -1.51. The van der Waals surface area contributed by atoms with E-state index in [0.717, 1.165) is 38.5 Å². The van der Waals surface area contributed by atoms with Crippen LogP contribution in [-0.4, -0.2) is 51.7 Å². The van der Waals surface area contributed by atoms with E-state index in [2.05, 4.69) is 5.32 Å². The average molecular weight is 366 g/mol. The van der Waals surface area contributed by atoms with Crippen LogP contribution in [0.25, 0.3) is 0 Å². The third-order valence-electron chi connectivity index (χ3n) is 5.71. The number of ether oxygens (including phenoxy) is 1. The molecule has 2 aliphatic heterocycles. The number of carbonyl (C=O) groups is 3. The molecule has 7 nitrogen and oxygen atoms in total. The van der Waals surface area contributed by atoms with Crippen molar-refractivity contribution in [1.82, 2.24) is 10.2 Å². The number of carboxylic acids is 1. The molecule has 0 radical (unpaired) electrons. The molecule has 2 amide bonds. The maximum absolute atomic E-state index is 13.3. The van der Waals surface area contributed by atoms with Crippen LogP contribution in [0.15, 0.2) is 0 Å². The summed E-state index contributed by atoms with van der Waals surface area (Å²) in [6.45, 7) is 5.34. The summed E-state index contributed by atoms with van der Waals surface area (Å²) < 4.78 is 5.36. The minimum absolute atomic E-state index is 0.0355. The molecule has 7 heteroatoms. The van der Waals surface area contributed by atoms with Crippen molar-refractivity contribution < 1.29 is 24.2 Å². The monoisotopic (exact) mass is 366 g/mol. The average Bonchev–Trinajstić information content (AvgIpc) is 3.25. The Labute approximate surface area is 154 Å². The maximum Gasteiger partial charge on any atom is 0.408 e. The van der Waals surface area contributed by atoms with Gasteiger partial charge in [-0.2, -0.15) is 0 Å². The molecule has 0 aromatic carbocycles. The van der Waals surface area contributed by atoms with E-state index in [4.69, 9.17) is 4.74 Å². The number of nitrogens with one attached hydrogen (secondary N) is 1. The highest BCUT2D eigenvalue weighted by molar-refractivity contribution is 5.90. The van der Waals surface area contributed by atoms with Crippen LogP contribution in [0, 0.1) is 11.8 Å². The second-order valence-corrected chi connectivity index (χ2v) is 8.89. The molecule has 1 aliphatic carbocycles. The number of nitrogens with zero attached hydrogens (tertiary/aromatic N) is 1. The van der Waals surface area contributed by atoms with Crippen molar-refractivity contribution in [3.8, 4) is 0 Å². The summed E-state index contributed by atoms with van der Waals surface area (Å²) in [6.07, 6.45) is 5.41. The molecule has 146 valence electrons. The minimum Gasteiger partial charge on any atom is -0.480 e. The number of carboxylic acid groups (broad SMARTS) is 1. The first-order chi connectivity index (χ1) is 12.2. The van der Waals surface area contributed by atoms with Crippen LogP contribution in [0.4, 0.5) is 4.79 Å². The second kappa shape index (κ2) is 7.08. The van der Waals surface area contributed by atoms with Crippen molar-refractivity contribution in [2.75, 3.05) is 0 Å². The van der Waals surface area contributed by atoms with E-state index in [1.807, 2.05) is 0 Å². The van der Waals surface area contributed by atoms with E-state index in [1.165, 1.54) is 0 Å². The standard InChI is InChI=1S/C19H30N2O5/c1-19(2,3)26-18(25)20-15-13(11-7-8-11)6-4-5-12-9-10-14(17(23)24)21(12)16(15)22/h11-15H,4-10H2,1-3H3,(H,20,25)(H,23,24)/t12-,13-,14-,15-/m0/s1. The summed E-state index contributed by atoms with van der Waals surface area (Å²) in [4.78, 5) is 38.9. The van der Waals surface area contributed by atoms with Crippen molar-refractivity contribution in [1.29, 1.82) is 0 Å². The quantitative estimate of drug-likeness (QED) is 0.800. The summed E-state index contributed by atoms with van der Waals surface area (Å²) in [5.74, 6) is -0.713. The predicted octanol–water partition coefficient (Wildman–Crippen LogP) is 2.53. The molecule has 3 rings (SSSR count). The molecule has 0 bridgehead atoms. The van der Waals surface area contributed by atoms with E-state index in [1.54, 1.807) is 25.7 Å². The van der Waals surface area contributed by atoms with Crippen LogP contribution in [0.1, 0.15) is 65.7 Å². The Hall–Kier alpha value is -1.79. The summed E-state index contributed by atoms with van der Waals surface area (Å²) in [5.41, 5.74) is -0.649. The lowest BCUT2D eigenvalue weighted by Gasteiger charge is -2.38. The summed E-state index contributed by atoms with van der Waals surface area (Å²) >= 11 is 0. The zero-order valence-corrected chi connectivity index (χ0v) is 15.9. The molecule has 3 fully saturated rings. The van der Waals surface area contributed by atoms with Crippen LogP contribution in [-0.2, 0) is 14.3 Å². The van der Waals surface area contributed by atoms with Crippen molar-refractivity contribution in [3.05, 3.63) is 0 Å². The molecular formula is C19H30N2O5. The molecule has 0 aromatic heterocycles. The van der Waals surface area contributed by atoms with E-state index in [9.17, 15) is 19.5 Å². The Balaban J connectivity index is 1.83. The molecular weight excluding hydrogens is 336 g/mol. The van der Waals surface area contributed by atoms with Crippen LogP contribution in [0.5, 0.6) is 0 Å². The lowest BCUT2D eigenvalue weighted by molar-refractivity contribution is -0.152. The number of hydrogen-bond donors (Lipinski definition) is 2. The molecule has 2 saturated heterocycles. The van der Waals surface area contributed by atoms with E-state index < -0.39 is 29.7 Å². The Kier molecular flexibility index (Phi) is 5.17. The van der Waals surface area contributed by atoms with Crippen molar-refractivity contribution in [2.45, 2.75) is 89.4 Å². The van der Waals surface area contributed by atoms with Crippen molar-refractivity contribution in [2.24, 2.45) is 11.8 Å². The lowest BCUT2D eigenvalue weighted by Crippen LogP contribution is -2.58. The Morgan fingerprint density at radius 2 is 1.81 bits per heavy atom. The predicted molar refractivity (Wildman–Crippen MR) is 94.5 cm³/mol. The number of amides is 2. The molecule has 1 saturated carbocycles. The molecule has 2 heterocycles. The van der Waals surface area contributed by atoms with Gasteiger partial charge in [0.15, 0.2) is 0 Å². The number of alkyl carbamates (subject to hydrolysis) is 1. The molecule has 0 spiro atoms. The number of fused-ring (bicyclic) bond motifs is 1. The van der Waals surface area contributed by atoms with E-state index >= 15 is 0 Å². The van der Waals surface area contributed by atoms with Crippen LogP contribution in [0.3, 0.4) is 0 Å². The third-order valence-corrected chi connectivity index (χ3v) is 5.71. The molecule has 26 heavy (non-hydrogen) atoms. The Bertz CT molecular complexity index is 581. The normalized spacial score (nSPS) is 32.4. The summed E-state index contributed by atoms with van der Waals surface area (Å²) in [7, 11) is 0. The van der Waals surface area contributed by atoms with Gasteiger partial charge in [-0.1, -0.05) is 6.42 Å². The Morgan fingerprint density at radius 3 is 2.38 bits per heavy atom. The molecule has 3 aliphatic rings. The molecule has 2 N–H and O–H groups in total. The highest BCUT2D eigenvalue weighted by atomic mass is 16.6. The smallest absolute Gasteiger partial charge is 0.408 e. The van der Waals surface area contributed by atoms with Gasteiger partial charge in [0.05, 0.1) is 0 Å². The first-order valence-corrected chi connectivity index (χ1v) is 9.72. The number of rotatable bonds is 3. The zero-order valence-electron chi connectivity index (χ0n) is 15.9. The number of aliphatic carboxylic acids is 1. The van der Waals surface area contributed by atoms with E-state index in [0.29, 0.717) is 12.3 Å². The summed E-state index contributed by atoms with van der Waals surface area (Å²) in [5, 5.41) is 12.3. The third kappa shape index (κ3) is 4.13. The van der Waals surface area contributed by atoms with Gasteiger partial charge < -0.3 is 20.1 Å². The van der Waals surface area contributed by atoms with E-state index in [-0.39, 0.29) is 17.9 Å². The zero-order chi connectivity index (χ0) is 19.1. The topological polar surface area (TPSA) is 95.9 Å². The fourth-order valence-corrected chi connectivity index (χ4v) is 4.48. The van der Waals surface area contributed by atoms with Gasteiger partial charge in [0.2, 0.25) is 5.91 Å². The maximum atomic E-state index is 13.3. The van der Waals surface area contributed by atoms with Gasteiger partial charge in [-0.3, -0.25) is 4.79 Å². The molecule has 0 unspecified atom stereocenters. The first-order valence-electron chi connectivity index (χ1n) is 9.72. The van der Waals surface area contributed by atoms with Gasteiger partial charge in [0.1, 0.15) is 17.7 Å². The highest BCUT2D eigenvalue weighted by Gasteiger charge is 2.49. The molecule has 4 atom stereocenters. The fourth-order valence-electron chi connectivity index (χ4n) is 4.48. The van der Waals surface area contributed by atoms with Crippen molar-refractivity contribution >= 4 is 18.0 Å². The van der Waals surface area contributed by atoms with Gasteiger partial charge in [0.25, 0.3) is 0 Å². The lowest BCUT2D eigenvalue weighted by atomic mass is 9.85. The van der Waals surface area contributed by atoms with Gasteiger partial charge in [-0.25, -0.2) is 9.59 Å². The highest BCUT2D eigenvalue weighted by Crippen LogP contribution is 2.44. The minimum atomic E-state index is -0.958. The van der Waals surface area contributed by atoms with Gasteiger partial charge in [0, 0.05) is 6.04 Å². The SMILES string of the molecule is CC(C)(C)OC(=O)N[C@@H]1C(=O)N2[C@@H](CCC[C@H]1C1CC1)CC[C@H]2C(=O)O. The molecule has 0 aromatic rings. The largest absolute Gasteiger partial charge is 0.480 e. The van der Waals surface area contributed by atoms with Crippen LogP contribution in [0.2, 0.25) is 0 Å². The first kappa shape index (κ1) is 19.0. The fraction of sp³-hybridized carbons (Fsp3) is 0.842. The second-order valence-electron chi connectivity index (χ2n) is 8.89. The van der Waals surface area contributed by atoms with Gasteiger partial charge in [-0.05, 0) is 71.1 Å². The van der Waals surface area contributed by atoms with Gasteiger partial charge >= 0.3 is 12.1 Å². The number of carbonyl (C=O) groups excluding carboxylic acids is 2. The Morgan fingerprint density at radius 1 is 1.12 bits per heavy atom. The number of hydrogen-bond acceptors (Lipinski definition) is 4.